The molecule has 0 spiro atoms. The molecule has 71 valence electrons. The fourth-order valence-corrected chi connectivity index (χ4v) is 1.13. The van der Waals surface area contributed by atoms with Crippen molar-refractivity contribution in [1.29, 1.82) is 0 Å². The predicted molar refractivity (Wildman–Crippen MR) is 53.2 cm³/mol. The summed E-state index contributed by atoms with van der Waals surface area (Å²) in [5.41, 5.74) is 0.647. The molecule has 1 fully saturated rings. The van der Waals surface area contributed by atoms with E-state index in [1.165, 1.54) is 0 Å². The van der Waals surface area contributed by atoms with Crippen molar-refractivity contribution < 1.29 is 16.1 Å². The van der Waals surface area contributed by atoms with Gasteiger partial charge in [-0.1, -0.05) is 35.8 Å². The van der Waals surface area contributed by atoms with Gasteiger partial charge < -0.3 is 16.1 Å². The van der Waals surface area contributed by atoms with E-state index in [1.54, 1.807) is 0 Å². The largest absolute Gasteiger partial charge is 0.412 e. The highest BCUT2D eigenvalue weighted by molar-refractivity contribution is 6.57. The van der Waals surface area contributed by atoms with Crippen LogP contribution in [-0.2, 0) is 0 Å². The second kappa shape index (κ2) is 4.41. The van der Waals surface area contributed by atoms with Crippen LogP contribution >= 0.6 is 0 Å². The summed E-state index contributed by atoms with van der Waals surface area (Å²) in [6.07, 6.45) is 1.84. The Morgan fingerprint density at radius 2 is 1.62 bits per heavy atom. The Balaban J connectivity index is 0.000000720. The summed E-state index contributed by atoms with van der Waals surface area (Å²) in [4.78, 5) is 0. The van der Waals surface area contributed by atoms with Crippen LogP contribution in [0.4, 0.5) is 0 Å². The average molecular weight is 181 g/mol. The third-order valence-corrected chi connectivity index (χ3v) is 2.00. The monoisotopic (exact) mass is 181 g/mol. The minimum Gasteiger partial charge on any atom is -0.412 e. The first kappa shape index (κ1) is 12.2. The van der Waals surface area contributed by atoms with E-state index in [-0.39, 0.29) is 11.0 Å². The van der Waals surface area contributed by atoms with Crippen molar-refractivity contribution in [3.8, 4) is 0 Å². The maximum Gasteiger partial charge on any atom is 0.193 e. The molecule has 0 unspecified atom stereocenters. The van der Waals surface area contributed by atoms with Gasteiger partial charge in [-0.25, -0.2) is 0 Å². The van der Waals surface area contributed by atoms with Crippen LogP contribution in [0.3, 0.4) is 0 Å². The molecule has 1 aromatic carbocycles. The molecule has 1 saturated carbocycles. The van der Waals surface area contributed by atoms with E-state index in [1.807, 2.05) is 37.6 Å². The lowest BCUT2D eigenvalue weighted by molar-refractivity contribution is 0.234. The van der Waals surface area contributed by atoms with E-state index in [9.17, 15) is 5.11 Å². The summed E-state index contributed by atoms with van der Waals surface area (Å²) in [6, 6.07) is 9.97. The Labute approximate surface area is 78.3 Å². The van der Waals surface area contributed by atoms with Crippen LogP contribution in [0.15, 0.2) is 30.3 Å². The highest BCUT2D eigenvalue weighted by Crippen LogP contribution is 2.33. The molecule has 4 heteroatoms. The van der Waals surface area contributed by atoms with Crippen LogP contribution < -0.4 is 5.46 Å². The SMILES string of the molecule is O.O.OC1([B]c2ccccc2)CC1. The number of hydrogen-bond donors (Lipinski definition) is 1. The molecule has 0 amide bonds. The third-order valence-electron chi connectivity index (χ3n) is 2.00. The second-order valence-corrected chi connectivity index (χ2v) is 3.16. The molecule has 0 saturated heterocycles. The number of benzene rings is 1. The molecule has 3 nitrogen and oxygen atoms in total. The molecule has 2 rings (SSSR count). The highest BCUT2D eigenvalue weighted by Gasteiger charge is 2.40. The molecule has 1 aliphatic rings. The average Bonchev–Trinajstić information content (AvgIpc) is 2.70. The molecule has 0 heterocycles. The first-order valence-corrected chi connectivity index (χ1v) is 3.92. The van der Waals surface area contributed by atoms with Gasteiger partial charge in [0, 0.05) is 5.50 Å². The Morgan fingerprint density at radius 3 is 2.08 bits per heavy atom. The van der Waals surface area contributed by atoms with Crippen molar-refractivity contribution in [2.45, 2.75) is 18.3 Å². The van der Waals surface area contributed by atoms with Crippen LogP contribution in [0, 0.1) is 0 Å². The minimum absolute atomic E-state index is 0. The van der Waals surface area contributed by atoms with Crippen molar-refractivity contribution in [2.24, 2.45) is 0 Å². The van der Waals surface area contributed by atoms with Gasteiger partial charge in [-0.2, -0.15) is 0 Å². The molecule has 0 atom stereocenters. The van der Waals surface area contributed by atoms with Gasteiger partial charge in [0.25, 0.3) is 0 Å². The van der Waals surface area contributed by atoms with Gasteiger partial charge >= 0.3 is 0 Å². The first-order chi connectivity index (χ1) is 5.29. The Hall–Kier alpha value is -0.835. The Morgan fingerprint density at radius 1 is 1.08 bits per heavy atom. The summed E-state index contributed by atoms with van der Waals surface area (Å²) in [7, 11) is 1.94. The smallest absolute Gasteiger partial charge is 0.193 e. The first-order valence-electron chi connectivity index (χ1n) is 3.92. The number of rotatable bonds is 2. The number of hydrogen-bond acceptors (Lipinski definition) is 1. The van der Waals surface area contributed by atoms with E-state index < -0.39 is 5.50 Å². The predicted octanol–water partition coefficient (Wildman–Crippen LogP) is -1.15. The van der Waals surface area contributed by atoms with Gasteiger partial charge in [-0.3, -0.25) is 0 Å². The molecular weight excluding hydrogens is 167 g/mol. The molecule has 1 aliphatic carbocycles. The van der Waals surface area contributed by atoms with E-state index in [0.29, 0.717) is 0 Å². The molecule has 0 aliphatic heterocycles. The standard InChI is InChI=1S/C9H10BO.2H2O/c11-9(6-7-9)10-8-4-2-1-3-5-8;;/h1-5,11H,6-7H2;2*1H2. The molecule has 0 bridgehead atoms. The van der Waals surface area contributed by atoms with Crippen molar-refractivity contribution in [1.82, 2.24) is 0 Å². The zero-order chi connectivity index (χ0) is 7.73. The molecule has 0 aromatic heterocycles. The van der Waals surface area contributed by atoms with E-state index in [2.05, 4.69) is 0 Å². The van der Waals surface area contributed by atoms with E-state index in [4.69, 9.17) is 0 Å². The summed E-state index contributed by atoms with van der Waals surface area (Å²) in [5.74, 6) is 0. The van der Waals surface area contributed by atoms with Crippen LogP contribution in [0.25, 0.3) is 0 Å². The van der Waals surface area contributed by atoms with Crippen molar-refractivity contribution >= 4 is 12.7 Å². The lowest BCUT2D eigenvalue weighted by Crippen LogP contribution is -2.29. The van der Waals surface area contributed by atoms with Gasteiger partial charge in [0.15, 0.2) is 7.28 Å². The lowest BCUT2D eigenvalue weighted by atomic mass is 9.62. The van der Waals surface area contributed by atoms with E-state index in [0.717, 1.165) is 18.3 Å². The van der Waals surface area contributed by atoms with Gasteiger partial charge in [0.2, 0.25) is 0 Å². The van der Waals surface area contributed by atoms with Gasteiger partial charge in [0.05, 0.1) is 0 Å². The second-order valence-electron chi connectivity index (χ2n) is 3.16. The molecule has 5 N–H and O–H groups in total. The summed E-state index contributed by atoms with van der Waals surface area (Å²) < 4.78 is 0. The molecule has 13 heavy (non-hydrogen) atoms. The molecule has 1 radical (unpaired) electrons. The molecular formula is C9H14BO3. The summed E-state index contributed by atoms with van der Waals surface area (Å²) >= 11 is 0. The van der Waals surface area contributed by atoms with Gasteiger partial charge in [-0.05, 0) is 12.8 Å². The minimum atomic E-state index is -0.471. The Bertz CT molecular complexity index is 246. The number of aliphatic hydroxyl groups is 1. The topological polar surface area (TPSA) is 83.2 Å². The van der Waals surface area contributed by atoms with Gasteiger partial charge in [-0.15, -0.1) is 0 Å². The quantitative estimate of drug-likeness (QED) is 0.574. The fraction of sp³-hybridized carbons (Fsp3) is 0.333. The van der Waals surface area contributed by atoms with Gasteiger partial charge in [0.1, 0.15) is 0 Å². The van der Waals surface area contributed by atoms with Crippen molar-refractivity contribution in [2.75, 3.05) is 0 Å². The third kappa shape index (κ3) is 3.18. The van der Waals surface area contributed by atoms with Crippen LogP contribution in [0.1, 0.15) is 12.8 Å². The van der Waals surface area contributed by atoms with Crippen LogP contribution in [-0.4, -0.2) is 28.8 Å². The van der Waals surface area contributed by atoms with Crippen LogP contribution in [0.5, 0.6) is 0 Å². The normalized spacial score (nSPS) is 16.4. The van der Waals surface area contributed by atoms with Crippen molar-refractivity contribution in [3.05, 3.63) is 30.3 Å². The highest BCUT2D eigenvalue weighted by atomic mass is 16.3. The van der Waals surface area contributed by atoms with Crippen molar-refractivity contribution in [3.63, 3.8) is 0 Å². The fourth-order valence-electron chi connectivity index (χ4n) is 1.13. The molecule has 1 aromatic rings. The lowest BCUT2D eigenvalue weighted by Gasteiger charge is -2.03. The van der Waals surface area contributed by atoms with Crippen LogP contribution in [0.2, 0.25) is 0 Å². The zero-order valence-corrected chi connectivity index (χ0v) is 7.33. The van der Waals surface area contributed by atoms with E-state index >= 15 is 0 Å². The summed E-state index contributed by atoms with van der Waals surface area (Å²) in [6.45, 7) is 0. The maximum absolute atomic E-state index is 9.53. The maximum atomic E-state index is 9.53. The zero-order valence-electron chi connectivity index (χ0n) is 7.33. The Kier molecular flexibility index (Phi) is 4.13. The summed E-state index contributed by atoms with van der Waals surface area (Å²) in [5, 5.41) is 9.53.